The number of aromatic nitrogens is 2. The summed E-state index contributed by atoms with van der Waals surface area (Å²) in [5.41, 5.74) is 0. The summed E-state index contributed by atoms with van der Waals surface area (Å²) in [6.45, 7) is 3.49. The first-order valence-corrected chi connectivity index (χ1v) is 10.6. The highest BCUT2D eigenvalue weighted by Gasteiger charge is 2.33. The average molecular weight is 401 g/mol. The van der Waals surface area contributed by atoms with E-state index in [0.29, 0.717) is 25.0 Å². The maximum atomic E-state index is 12.4. The Morgan fingerprint density at radius 3 is 2.68 bits per heavy atom. The van der Waals surface area contributed by atoms with E-state index in [2.05, 4.69) is 9.97 Å². The van der Waals surface area contributed by atoms with Crippen LogP contribution < -0.4 is 4.74 Å². The van der Waals surface area contributed by atoms with Gasteiger partial charge in [0.25, 0.3) is 5.91 Å². The second kappa shape index (κ2) is 8.68. The molecule has 7 nitrogen and oxygen atoms in total. The number of thiophene rings is 1. The molecule has 4 heterocycles. The highest BCUT2D eigenvalue weighted by Crippen LogP contribution is 2.25. The van der Waals surface area contributed by atoms with Gasteiger partial charge in [-0.25, -0.2) is 9.97 Å². The van der Waals surface area contributed by atoms with Crippen molar-refractivity contribution in [3.63, 3.8) is 0 Å². The molecule has 2 fully saturated rings. The van der Waals surface area contributed by atoms with Crippen molar-refractivity contribution >= 4 is 23.2 Å². The van der Waals surface area contributed by atoms with Gasteiger partial charge in [-0.2, -0.15) is 0 Å². The van der Waals surface area contributed by atoms with E-state index in [0.717, 1.165) is 43.9 Å². The Kier molecular flexibility index (Phi) is 5.85. The van der Waals surface area contributed by atoms with Crippen LogP contribution >= 0.6 is 11.3 Å². The molecular weight excluding hydrogens is 376 g/mol. The number of ether oxygens (including phenoxy) is 1. The highest BCUT2D eigenvalue weighted by atomic mass is 32.1. The van der Waals surface area contributed by atoms with Crippen molar-refractivity contribution in [3.05, 3.63) is 40.8 Å². The summed E-state index contributed by atoms with van der Waals surface area (Å²) in [5.74, 6) is 0.955. The third kappa shape index (κ3) is 4.49. The van der Waals surface area contributed by atoms with E-state index in [9.17, 15) is 9.59 Å². The molecule has 148 valence electrons. The molecule has 2 amide bonds. The first kappa shape index (κ1) is 18.9. The van der Waals surface area contributed by atoms with Crippen molar-refractivity contribution in [2.24, 2.45) is 11.8 Å². The molecule has 2 aromatic heterocycles. The van der Waals surface area contributed by atoms with Crippen molar-refractivity contribution in [3.8, 4) is 6.01 Å². The Morgan fingerprint density at radius 2 is 1.96 bits per heavy atom. The normalized spacial score (nSPS) is 20.6. The minimum atomic E-state index is 0.131. The van der Waals surface area contributed by atoms with E-state index < -0.39 is 0 Å². The summed E-state index contributed by atoms with van der Waals surface area (Å²) in [5, 5.41) is 1.93. The molecule has 1 unspecified atom stereocenters. The number of likely N-dealkylation sites (tertiary alicyclic amines) is 2. The van der Waals surface area contributed by atoms with Gasteiger partial charge in [-0.05, 0) is 36.3 Å². The third-order valence-corrected chi connectivity index (χ3v) is 6.25. The second-order valence-electron chi connectivity index (χ2n) is 7.42. The predicted octanol–water partition coefficient (Wildman–Crippen LogP) is 2.32. The SMILES string of the molecule is O=C1CC(COc2ncccn2)CN1CC1CCN(C(=O)c2cccs2)CC1. The van der Waals surface area contributed by atoms with Gasteiger partial charge < -0.3 is 14.5 Å². The topological polar surface area (TPSA) is 75.6 Å². The average Bonchev–Trinajstić information content (AvgIpc) is 3.38. The molecule has 2 aliphatic heterocycles. The van der Waals surface area contributed by atoms with Crippen LogP contribution in [0.15, 0.2) is 36.0 Å². The van der Waals surface area contributed by atoms with Gasteiger partial charge in [0.1, 0.15) is 0 Å². The fourth-order valence-corrected chi connectivity index (χ4v) is 4.57. The lowest BCUT2D eigenvalue weighted by Crippen LogP contribution is -2.41. The molecule has 1 atom stereocenters. The summed E-state index contributed by atoms with van der Waals surface area (Å²) in [6.07, 6.45) is 5.69. The van der Waals surface area contributed by atoms with Crippen LogP contribution in [0.3, 0.4) is 0 Å². The molecule has 4 rings (SSSR count). The summed E-state index contributed by atoms with van der Waals surface area (Å²) in [7, 11) is 0. The number of carbonyl (C=O) groups excluding carboxylic acids is 2. The lowest BCUT2D eigenvalue weighted by Gasteiger charge is -2.33. The number of piperidine rings is 1. The smallest absolute Gasteiger partial charge is 0.316 e. The van der Waals surface area contributed by atoms with Crippen LogP contribution in [0, 0.1) is 11.8 Å². The number of nitrogens with zero attached hydrogens (tertiary/aromatic N) is 4. The maximum absolute atomic E-state index is 12.4. The quantitative estimate of drug-likeness (QED) is 0.744. The van der Waals surface area contributed by atoms with Gasteiger partial charge in [-0.1, -0.05) is 6.07 Å². The molecule has 0 aliphatic carbocycles. The standard InChI is InChI=1S/C20H24N4O3S/c25-18-11-16(14-27-20-21-6-2-7-22-20)13-24(18)12-15-4-8-23(9-5-15)19(26)17-3-1-10-28-17/h1-3,6-7,10,15-16H,4-5,8-9,11-14H2. The zero-order valence-electron chi connectivity index (χ0n) is 15.7. The van der Waals surface area contributed by atoms with E-state index in [1.54, 1.807) is 18.5 Å². The van der Waals surface area contributed by atoms with Crippen molar-refractivity contribution in [1.82, 2.24) is 19.8 Å². The van der Waals surface area contributed by atoms with Crippen molar-refractivity contribution in [2.45, 2.75) is 19.3 Å². The molecule has 0 aromatic carbocycles. The fourth-order valence-electron chi connectivity index (χ4n) is 3.88. The molecule has 0 radical (unpaired) electrons. The van der Waals surface area contributed by atoms with Gasteiger partial charge in [0, 0.05) is 50.9 Å². The zero-order chi connectivity index (χ0) is 19.3. The molecule has 0 N–H and O–H groups in total. The number of rotatable bonds is 6. The van der Waals surface area contributed by atoms with Crippen LogP contribution in [0.5, 0.6) is 6.01 Å². The van der Waals surface area contributed by atoms with Crippen LogP contribution in [0.1, 0.15) is 28.9 Å². The zero-order valence-corrected chi connectivity index (χ0v) is 16.5. The van der Waals surface area contributed by atoms with Gasteiger partial charge in [-0.3, -0.25) is 9.59 Å². The number of hydrogen-bond donors (Lipinski definition) is 0. The van der Waals surface area contributed by atoms with Crippen molar-refractivity contribution in [1.29, 1.82) is 0 Å². The summed E-state index contributed by atoms with van der Waals surface area (Å²) in [6, 6.07) is 5.89. The van der Waals surface area contributed by atoms with E-state index in [1.807, 2.05) is 27.3 Å². The molecule has 0 spiro atoms. The number of amides is 2. The molecular formula is C20H24N4O3S. The largest absolute Gasteiger partial charge is 0.463 e. The van der Waals surface area contributed by atoms with Crippen LogP contribution in [0.25, 0.3) is 0 Å². The first-order chi connectivity index (χ1) is 13.7. The van der Waals surface area contributed by atoms with Crippen molar-refractivity contribution < 1.29 is 14.3 Å². The summed E-state index contributed by atoms with van der Waals surface area (Å²) in [4.78, 5) is 37.6. The molecule has 8 heteroatoms. The van der Waals surface area contributed by atoms with Crippen LogP contribution in [-0.2, 0) is 4.79 Å². The minimum absolute atomic E-state index is 0.131. The molecule has 0 bridgehead atoms. The second-order valence-corrected chi connectivity index (χ2v) is 8.37. The molecule has 0 saturated carbocycles. The Bertz CT molecular complexity index is 791. The van der Waals surface area contributed by atoms with Crippen LogP contribution in [0.2, 0.25) is 0 Å². The Hall–Kier alpha value is -2.48. The van der Waals surface area contributed by atoms with Gasteiger partial charge in [0.2, 0.25) is 5.91 Å². The molecule has 2 saturated heterocycles. The monoisotopic (exact) mass is 400 g/mol. The Balaban J connectivity index is 1.22. The Morgan fingerprint density at radius 1 is 1.18 bits per heavy atom. The first-order valence-electron chi connectivity index (χ1n) is 9.69. The van der Waals surface area contributed by atoms with Gasteiger partial charge in [-0.15, -0.1) is 11.3 Å². The van der Waals surface area contributed by atoms with Crippen molar-refractivity contribution in [2.75, 3.05) is 32.8 Å². The van der Waals surface area contributed by atoms with E-state index in [-0.39, 0.29) is 17.7 Å². The van der Waals surface area contributed by atoms with Crippen LogP contribution in [0.4, 0.5) is 0 Å². The lowest BCUT2D eigenvalue weighted by atomic mass is 9.96. The molecule has 2 aromatic rings. The van der Waals surface area contributed by atoms with Crippen LogP contribution in [-0.4, -0.2) is 64.4 Å². The number of carbonyl (C=O) groups is 2. The maximum Gasteiger partial charge on any atom is 0.316 e. The van der Waals surface area contributed by atoms with E-state index in [1.165, 1.54) is 11.3 Å². The summed E-state index contributed by atoms with van der Waals surface area (Å²) >= 11 is 1.49. The Labute approximate surface area is 168 Å². The fraction of sp³-hybridized carbons (Fsp3) is 0.500. The highest BCUT2D eigenvalue weighted by molar-refractivity contribution is 7.12. The van der Waals surface area contributed by atoms with E-state index >= 15 is 0 Å². The third-order valence-electron chi connectivity index (χ3n) is 5.40. The van der Waals surface area contributed by atoms with Gasteiger partial charge in [0.05, 0.1) is 11.5 Å². The summed E-state index contributed by atoms with van der Waals surface area (Å²) < 4.78 is 5.61. The number of hydrogen-bond acceptors (Lipinski definition) is 6. The predicted molar refractivity (Wildman–Crippen MR) is 105 cm³/mol. The molecule has 2 aliphatic rings. The van der Waals surface area contributed by atoms with Gasteiger partial charge in [0.15, 0.2) is 0 Å². The lowest BCUT2D eigenvalue weighted by molar-refractivity contribution is -0.128. The van der Waals surface area contributed by atoms with E-state index in [4.69, 9.17) is 4.74 Å². The van der Waals surface area contributed by atoms with Gasteiger partial charge >= 0.3 is 6.01 Å². The minimum Gasteiger partial charge on any atom is -0.463 e. The molecule has 28 heavy (non-hydrogen) atoms.